The van der Waals surface area contributed by atoms with Crippen molar-refractivity contribution in [3.8, 4) is 0 Å². The summed E-state index contributed by atoms with van der Waals surface area (Å²) in [6.07, 6.45) is 0. The Labute approximate surface area is 131 Å². The minimum atomic E-state index is -0.283. The summed E-state index contributed by atoms with van der Waals surface area (Å²) < 4.78 is 0.779. The maximum Gasteiger partial charge on any atom is 0.192 e. The molecule has 0 aromatic carbocycles. The number of aryl methyl sites for hydroxylation is 2. The number of rotatable bonds is 5. The van der Waals surface area contributed by atoms with Crippen LogP contribution in [0.5, 0.6) is 0 Å². The third-order valence-electron chi connectivity index (χ3n) is 3.19. The first-order chi connectivity index (χ1) is 9.81. The number of Topliss-reactive ketones (excluding diaryl/α,β-unsaturated/α-hetero) is 2. The van der Waals surface area contributed by atoms with E-state index in [0.29, 0.717) is 11.3 Å². The second-order valence-electron chi connectivity index (χ2n) is 4.89. The van der Waals surface area contributed by atoms with E-state index in [-0.39, 0.29) is 16.8 Å². The number of hydrogen-bond acceptors (Lipinski definition) is 6. The van der Waals surface area contributed by atoms with Crippen molar-refractivity contribution in [1.82, 2.24) is 15.2 Å². The fourth-order valence-electron chi connectivity index (χ4n) is 2.26. The van der Waals surface area contributed by atoms with Crippen LogP contribution in [0.3, 0.4) is 0 Å². The quantitative estimate of drug-likeness (QED) is 0.674. The predicted molar refractivity (Wildman–Crippen MR) is 84.6 cm³/mol. The number of H-pyrrole nitrogens is 1. The molecule has 0 saturated heterocycles. The Hall–Kier alpha value is -1.47. The van der Waals surface area contributed by atoms with Crippen molar-refractivity contribution in [2.24, 2.45) is 0 Å². The average Bonchev–Trinajstić information content (AvgIpc) is 2.92. The first-order valence-corrected chi connectivity index (χ1v) is 8.22. The predicted octanol–water partition coefficient (Wildman–Crippen LogP) is 3.36. The number of aromatic nitrogens is 3. The Bertz CT molecular complexity index is 703. The number of nitrogens with one attached hydrogen (secondary N) is 1. The Morgan fingerprint density at radius 1 is 1.24 bits per heavy atom. The van der Waals surface area contributed by atoms with E-state index in [1.54, 1.807) is 6.92 Å². The van der Waals surface area contributed by atoms with Crippen molar-refractivity contribution in [1.29, 1.82) is 0 Å². The summed E-state index contributed by atoms with van der Waals surface area (Å²) in [6, 6.07) is 0. The Kier molecular flexibility index (Phi) is 4.63. The topological polar surface area (TPSA) is 75.7 Å². The van der Waals surface area contributed by atoms with Gasteiger partial charge in [-0.05, 0) is 40.2 Å². The molecule has 112 valence electrons. The fourth-order valence-corrected chi connectivity index (χ4v) is 4.28. The average molecular weight is 323 g/mol. The van der Waals surface area contributed by atoms with Crippen LogP contribution in [-0.2, 0) is 0 Å². The van der Waals surface area contributed by atoms with Crippen LogP contribution in [0.1, 0.15) is 51.0 Å². The third-order valence-corrected chi connectivity index (χ3v) is 5.21. The van der Waals surface area contributed by atoms with Crippen LogP contribution in [0, 0.1) is 20.8 Å². The highest BCUT2D eigenvalue weighted by molar-refractivity contribution is 8.02. The molecule has 0 bridgehead atoms. The van der Waals surface area contributed by atoms with Crippen LogP contribution in [0.4, 0.5) is 0 Å². The minimum Gasteiger partial charge on any atom is -0.355 e. The van der Waals surface area contributed by atoms with Gasteiger partial charge < -0.3 is 4.98 Å². The number of thioether (sulfide) groups is 1. The Morgan fingerprint density at radius 3 is 2.38 bits per heavy atom. The SMILES string of the molecule is CC(=O)c1c(C)[nH]c(C(=O)[C@@H](C)Sc2nnc(C)s2)c1C. The highest BCUT2D eigenvalue weighted by atomic mass is 32.2. The second-order valence-corrected chi connectivity index (χ2v) is 7.66. The van der Waals surface area contributed by atoms with E-state index in [1.165, 1.54) is 30.0 Å². The number of ketones is 2. The first-order valence-electron chi connectivity index (χ1n) is 6.52. The van der Waals surface area contributed by atoms with Gasteiger partial charge in [0.15, 0.2) is 15.9 Å². The van der Waals surface area contributed by atoms with Crippen molar-refractivity contribution in [3.05, 3.63) is 27.5 Å². The van der Waals surface area contributed by atoms with Crippen LogP contribution in [0.2, 0.25) is 0 Å². The fraction of sp³-hybridized carbons (Fsp3) is 0.429. The van der Waals surface area contributed by atoms with Gasteiger partial charge in [0.1, 0.15) is 5.01 Å². The molecule has 1 atom stereocenters. The maximum atomic E-state index is 12.6. The lowest BCUT2D eigenvalue weighted by Crippen LogP contribution is -2.15. The second kappa shape index (κ2) is 6.11. The molecule has 5 nitrogen and oxygen atoms in total. The van der Waals surface area contributed by atoms with Gasteiger partial charge in [0.2, 0.25) is 0 Å². The number of aromatic amines is 1. The van der Waals surface area contributed by atoms with E-state index in [1.807, 2.05) is 20.8 Å². The standard InChI is InChI=1S/C14H17N3O2S2/c1-6-11(8(3)18)7(2)15-12(6)13(19)9(4)20-14-17-16-10(5)21-14/h9,15H,1-5H3/t9-/m1/s1. The van der Waals surface area contributed by atoms with E-state index >= 15 is 0 Å². The summed E-state index contributed by atoms with van der Waals surface area (Å²) in [5.41, 5.74) is 2.60. The monoisotopic (exact) mass is 323 g/mol. The number of carbonyl (C=O) groups is 2. The van der Waals surface area contributed by atoms with Crippen molar-refractivity contribution in [2.45, 2.75) is 44.2 Å². The molecule has 2 aromatic heterocycles. The molecule has 0 radical (unpaired) electrons. The van der Waals surface area contributed by atoms with E-state index < -0.39 is 0 Å². The third kappa shape index (κ3) is 3.24. The van der Waals surface area contributed by atoms with E-state index in [9.17, 15) is 9.59 Å². The number of nitrogens with zero attached hydrogens (tertiary/aromatic N) is 2. The molecule has 0 spiro atoms. The molecule has 1 N–H and O–H groups in total. The zero-order valence-corrected chi connectivity index (χ0v) is 14.2. The highest BCUT2D eigenvalue weighted by Gasteiger charge is 2.25. The first kappa shape index (κ1) is 15.9. The van der Waals surface area contributed by atoms with Gasteiger partial charge >= 0.3 is 0 Å². The van der Waals surface area contributed by atoms with E-state index in [2.05, 4.69) is 15.2 Å². The highest BCUT2D eigenvalue weighted by Crippen LogP contribution is 2.29. The molecular weight excluding hydrogens is 306 g/mol. The largest absolute Gasteiger partial charge is 0.355 e. The molecule has 2 rings (SSSR count). The number of hydrogen-bond donors (Lipinski definition) is 1. The summed E-state index contributed by atoms with van der Waals surface area (Å²) in [7, 11) is 0. The smallest absolute Gasteiger partial charge is 0.192 e. The van der Waals surface area contributed by atoms with Crippen LogP contribution in [0.15, 0.2) is 4.34 Å². The van der Waals surface area contributed by atoms with Gasteiger partial charge in [0.05, 0.1) is 10.9 Å². The van der Waals surface area contributed by atoms with Crippen LogP contribution < -0.4 is 0 Å². The van der Waals surface area contributed by atoms with Gasteiger partial charge in [0.25, 0.3) is 0 Å². The molecule has 0 amide bonds. The maximum absolute atomic E-state index is 12.6. The molecule has 2 heterocycles. The van der Waals surface area contributed by atoms with Crippen molar-refractivity contribution < 1.29 is 9.59 Å². The molecular formula is C14H17N3O2S2. The van der Waals surface area contributed by atoms with E-state index in [0.717, 1.165) is 20.6 Å². The summed E-state index contributed by atoms with van der Waals surface area (Å²) >= 11 is 2.86. The Balaban J connectivity index is 2.23. The lowest BCUT2D eigenvalue weighted by molar-refractivity contribution is 0.0988. The van der Waals surface area contributed by atoms with Gasteiger partial charge in [-0.3, -0.25) is 9.59 Å². The summed E-state index contributed by atoms with van der Waals surface area (Å²) in [5.74, 6) is -0.0543. The molecule has 0 unspecified atom stereocenters. The molecule has 0 aliphatic rings. The Morgan fingerprint density at radius 2 is 1.90 bits per heavy atom. The molecule has 0 saturated carbocycles. The molecule has 0 aliphatic heterocycles. The van der Waals surface area contributed by atoms with Crippen LogP contribution in [0.25, 0.3) is 0 Å². The van der Waals surface area contributed by atoms with Crippen molar-refractivity contribution >= 4 is 34.7 Å². The molecule has 21 heavy (non-hydrogen) atoms. The normalized spacial score (nSPS) is 12.4. The minimum absolute atomic E-state index is 0.0269. The lowest BCUT2D eigenvalue weighted by Gasteiger charge is -2.07. The molecule has 7 heteroatoms. The molecule has 2 aromatic rings. The summed E-state index contributed by atoms with van der Waals surface area (Å²) in [6.45, 7) is 8.85. The van der Waals surface area contributed by atoms with Crippen molar-refractivity contribution in [3.63, 3.8) is 0 Å². The van der Waals surface area contributed by atoms with Gasteiger partial charge in [-0.2, -0.15) is 0 Å². The van der Waals surface area contributed by atoms with E-state index in [4.69, 9.17) is 0 Å². The lowest BCUT2D eigenvalue weighted by atomic mass is 10.0. The van der Waals surface area contributed by atoms with Crippen LogP contribution >= 0.6 is 23.1 Å². The summed E-state index contributed by atoms with van der Waals surface area (Å²) in [5, 5.41) is 8.56. The number of carbonyl (C=O) groups excluding carboxylic acids is 2. The summed E-state index contributed by atoms with van der Waals surface area (Å²) in [4.78, 5) is 27.2. The van der Waals surface area contributed by atoms with Gasteiger partial charge in [-0.25, -0.2) is 0 Å². The molecule has 0 aliphatic carbocycles. The zero-order valence-electron chi connectivity index (χ0n) is 12.6. The van der Waals surface area contributed by atoms with Gasteiger partial charge in [-0.15, -0.1) is 10.2 Å². The molecule has 0 fully saturated rings. The van der Waals surface area contributed by atoms with Gasteiger partial charge in [0, 0.05) is 11.3 Å². The van der Waals surface area contributed by atoms with Crippen LogP contribution in [-0.4, -0.2) is 32.0 Å². The van der Waals surface area contributed by atoms with Crippen molar-refractivity contribution in [2.75, 3.05) is 0 Å². The van der Waals surface area contributed by atoms with Gasteiger partial charge in [-0.1, -0.05) is 23.1 Å². The zero-order chi connectivity index (χ0) is 15.7.